The van der Waals surface area contributed by atoms with Crippen LogP contribution in [0.1, 0.15) is 95.0 Å². The van der Waals surface area contributed by atoms with Crippen LogP contribution in [0.15, 0.2) is 48.7 Å². The average Bonchev–Trinajstić information content (AvgIpc) is 3.24. The summed E-state index contributed by atoms with van der Waals surface area (Å²) in [7, 11) is 0. The molecule has 2 aromatic carbocycles. The molecule has 0 bridgehead atoms. The monoisotopic (exact) mass is 782 g/mol. The van der Waals surface area contributed by atoms with Crippen molar-refractivity contribution in [2.75, 3.05) is 61.3 Å². The van der Waals surface area contributed by atoms with Crippen molar-refractivity contribution in [2.24, 2.45) is 11.8 Å². The average molecular weight is 783 g/mol. The molecule has 1 atom stereocenters. The Kier molecular flexibility index (Phi) is 12.3. The summed E-state index contributed by atoms with van der Waals surface area (Å²) in [6, 6.07) is 12.7. The number of nitrogens with zero attached hydrogens (tertiary/aromatic N) is 5. The minimum atomic E-state index is -0.539. The fourth-order valence-electron chi connectivity index (χ4n) is 9.67. The normalized spacial score (nSPS) is 24.3. The van der Waals surface area contributed by atoms with Gasteiger partial charge in [0, 0.05) is 68.0 Å². The van der Waals surface area contributed by atoms with Crippen molar-refractivity contribution in [1.82, 2.24) is 25.1 Å². The van der Waals surface area contributed by atoms with E-state index in [2.05, 4.69) is 46.7 Å². The van der Waals surface area contributed by atoms with Crippen molar-refractivity contribution in [1.29, 1.82) is 0 Å². The van der Waals surface area contributed by atoms with Crippen LogP contribution >= 0.6 is 0 Å². The second-order valence-corrected chi connectivity index (χ2v) is 16.9. The van der Waals surface area contributed by atoms with E-state index in [1.807, 2.05) is 30.3 Å². The predicted molar refractivity (Wildman–Crippen MR) is 217 cm³/mol. The summed E-state index contributed by atoms with van der Waals surface area (Å²) in [4.78, 5) is 53.0. The molecule has 13 heteroatoms. The van der Waals surface area contributed by atoms with Crippen LogP contribution in [0.3, 0.4) is 0 Å². The van der Waals surface area contributed by atoms with Crippen LogP contribution in [-0.4, -0.2) is 95.4 Å². The molecule has 304 valence electrons. The summed E-state index contributed by atoms with van der Waals surface area (Å²) in [5.41, 5.74) is 3.44. The lowest BCUT2D eigenvalue weighted by Crippen LogP contribution is -2.47. The fourth-order valence-corrected chi connectivity index (χ4v) is 9.67. The lowest BCUT2D eigenvalue weighted by atomic mass is 9.84. The number of anilines is 3. The number of benzene rings is 2. The van der Waals surface area contributed by atoms with E-state index >= 15 is 4.39 Å². The molecule has 5 fully saturated rings. The van der Waals surface area contributed by atoms with Crippen LogP contribution in [0.25, 0.3) is 11.3 Å². The van der Waals surface area contributed by atoms with Crippen molar-refractivity contribution in [2.45, 2.75) is 101 Å². The molecule has 0 radical (unpaired) electrons. The highest BCUT2D eigenvalue weighted by molar-refractivity contribution is 6.01. The Morgan fingerprint density at radius 1 is 0.807 bits per heavy atom. The van der Waals surface area contributed by atoms with Crippen LogP contribution in [0.2, 0.25) is 0 Å². The Hall–Kier alpha value is -4.65. The topological polar surface area (TPSA) is 123 Å². The van der Waals surface area contributed by atoms with Gasteiger partial charge in [-0.25, -0.2) is 18.7 Å². The van der Waals surface area contributed by atoms with Gasteiger partial charge < -0.3 is 25.3 Å². The number of imide groups is 1. The van der Waals surface area contributed by atoms with E-state index in [1.165, 1.54) is 31.5 Å². The van der Waals surface area contributed by atoms with Crippen LogP contribution in [0, 0.1) is 23.5 Å². The van der Waals surface area contributed by atoms with Crippen LogP contribution in [0.4, 0.5) is 26.1 Å². The van der Waals surface area contributed by atoms with Gasteiger partial charge in [0.15, 0.2) is 5.82 Å². The zero-order valence-electron chi connectivity index (χ0n) is 32.9. The highest BCUT2D eigenvalue weighted by Gasteiger charge is 2.33. The minimum Gasteiger partial charge on any atom is -0.374 e. The summed E-state index contributed by atoms with van der Waals surface area (Å²) < 4.78 is 30.2. The molecular weight excluding hydrogens is 727 g/mol. The Balaban J connectivity index is 0.751. The van der Waals surface area contributed by atoms with Crippen LogP contribution < -0.4 is 20.9 Å². The van der Waals surface area contributed by atoms with Crippen molar-refractivity contribution >= 4 is 35.0 Å². The second-order valence-electron chi connectivity index (χ2n) is 16.9. The van der Waals surface area contributed by atoms with Crippen molar-refractivity contribution < 1.29 is 23.2 Å². The first-order valence-electron chi connectivity index (χ1n) is 21.3. The molecule has 57 heavy (non-hydrogen) atoms. The van der Waals surface area contributed by atoms with E-state index in [-0.39, 0.29) is 47.8 Å². The Labute approximate surface area is 334 Å². The number of hydrogen-bond acceptors (Lipinski definition) is 9. The van der Waals surface area contributed by atoms with Crippen molar-refractivity contribution in [3.8, 4) is 11.3 Å². The molecule has 1 aliphatic carbocycles. The van der Waals surface area contributed by atoms with E-state index in [4.69, 9.17) is 0 Å². The lowest BCUT2D eigenvalue weighted by Gasteiger charge is -2.39. The maximum absolute atomic E-state index is 15.2. The molecule has 4 aliphatic heterocycles. The quantitative estimate of drug-likeness (QED) is 0.193. The Bertz CT molecular complexity index is 1900. The highest BCUT2D eigenvalue weighted by Crippen LogP contribution is 2.34. The smallest absolute Gasteiger partial charge is 0.249 e. The first-order chi connectivity index (χ1) is 27.8. The van der Waals surface area contributed by atoms with Gasteiger partial charge in [0.2, 0.25) is 23.7 Å². The van der Waals surface area contributed by atoms with Gasteiger partial charge in [0.25, 0.3) is 0 Å². The number of rotatable bonds is 10. The zero-order chi connectivity index (χ0) is 39.3. The number of amides is 3. The Morgan fingerprint density at radius 3 is 2.32 bits per heavy atom. The molecule has 8 rings (SSSR count). The van der Waals surface area contributed by atoms with Gasteiger partial charge in [0.1, 0.15) is 17.6 Å². The molecule has 4 saturated heterocycles. The minimum absolute atomic E-state index is 0.0310. The van der Waals surface area contributed by atoms with E-state index < -0.39 is 11.9 Å². The summed E-state index contributed by atoms with van der Waals surface area (Å²) in [5, 5.41) is 8.85. The lowest BCUT2D eigenvalue weighted by molar-refractivity contribution is -0.138. The number of carbonyl (C=O) groups excluding carboxylic acids is 3. The predicted octanol–water partition coefficient (Wildman–Crippen LogP) is 6.72. The first-order valence-corrected chi connectivity index (χ1v) is 21.3. The van der Waals surface area contributed by atoms with Gasteiger partial charge >= 0.3 is 0 Å². The second kappa shape index (κ2) is 17.9. The third kappa shape index (κ3) is 9.56. The largest absolute Gasteiger partial charge is 0.374 e. The maximum Gasteiger partial charge on any atom is 0.249 e. The van der Waals surface area contributed by atoms with Crippen LogP contribution in [-0.2, 0) is 14.4 Å². The van der Waals surface area contributed by atoms with E-state index in [1.54, 1.807) is 0 Å². The van der Waals surface area contributed by atoms with Gasteiger partial charge in [-0.1, -0.05) is 18.2 Å². The number of aromatic nitrogens is 2. The van der Waals surface area contributed by atoms with E-state index in [0.717, 1.165) is 114 Å². The molecule has 5 aliphatic rings. The molecule has 0 spiro atoms. The molecule has 1 unspecified atom stereocenters. The van der Waals surface area contributed by atoms with Crippen LogP contribution in [0.5, 0.6) is 0 Å². The molecule has 1 aromatic heterocycles. The Morgan fingerprint density at radius 2 is 1.58 bits per heavy atom. The van der Waals surface area contributed by atoms with E-state index in [0.29, 0.717) is 29.7 Å². The molecule has 11 nitrogen and oxygen atoms in total. The summed E-state index contributed by atoms with van der Waals surface area (Å²) >= 11 is 0. The van der Waals surface area contributed by atoms with E-state index in [9.17, 15) is 18.8 Å². The van der Waals surface area contributed by atoms with Crippen molar-refractivity contribution in [3.63, 3.8) is 0 Å². The number of nitrogens with one attached hydrogen (secondary N) is 3. The summed E-state index contributed by atoms with van der Waals surface area (Å²) in [5.74, 6) is 0.115. The summed E-state index contributed by atoms with van der Waals surface area (Å²) in [6.45, 7) is 6.50. The van der Waals surface area contributed by atoms with Gasteiger partial charge in [-0.3, -0.25) is 19.7 Å². The number of carbonyl (C=O) groups is 3. The molecule has 1 saturated carbocycles. The zero-order valence-corrected chi connectivity index (χ0v) is 32.9. The number of hydrogen-bond donors (Lipinski definition) is 3. The molecule has 5 heterocycles. The fraction of sp³-hybridized carbons (Fsp3) is 0.568. The van der Waals surface area contributed by atoms with Gasteiger partial charge in [-0.05, 0) is 132 Å². The maximum atomic E-state index is 15.2. The SMILES string of the molecule is O=C1CCC(Nc2ccc(C3CCN(CC4CCN(C(=O)[C@H]5CC[C@H](Nc6ncc(F)c(-c7cccc(N8CCCCC8)c7)n6)CC5)CC4)CC3)c(F)c2)C(=O)N1. The number of piperidine rings is 4. The first kappa shape index (κ1) is 39.2. The standard InChI is InChI=1S/C44H56F2N8O3/c45-37-26-34(48-39-13-14-40(55)50-42(39)56)11-12-36(37)30-17-21-52(22-18-30)28-29-15-23-54(24-16-29)43(57)31-7-9-33(10-8-31)49-44-47-27-38(46)41(51-44)32-5-4-6-35(25-32)53-19-2-1-3-20-53/h4-6,11-12,25-27,29-31,33,39,48H,1-3,7-10,13-24,28H2,(H,47,49,51)(H,50,55,56)/t31-,33-,39?. The molecule has 3 N–H and O–H groups in total. The summed E-state index contributed by atoms with van der Waals surface area (Å²) in [6.07, 6.45) is 12.7. The molecule has 3 aromatic rings. The van der Waals surface area contributed by atoms with Gasteiger partial charge in [-0.2, -0.15) is 0 Å². The highest BCUT2D eigenvalue weighted by atomic mass is 19.1. The molecule has 3 amide bonds. The number of halogens is 2. The third-order valence-electron chi connectivity index (χ3n) is 13.0. The van der Waals surface area contributed by atoms with Crippen molar-refractivity contribution in [3.05, 3.63) is 65.9 Å². The van der Waals surface area contributed by atoms with Gasteiger partial charge in [0.05, 0.1) is 6.20 Å². The molecular formula is C44H56F2N8O3. The van der Waals surface area contributed by atoms with Gasteiger partial charge in [-0.15, -0.1) is 0 Å². The number of likely N-dealkylation sites (tertiary alicyclic amines) is 2. The third-order valence-corrected chi connectivity index (χ3v) is 13.0.